The molecular weight excluding hydrogens is 302 g/mol. The van der Waals surface area contributed by atoms with Crippen LogP contribution in [0.5, 0.6) is 5.75 Å². The smallest absolute Gasteiger partial charge is 0.256 e. The van der Waals surface area contributed by atoms with Gasteiger partial charge in [0, 0.05) is 11.9 Å². The fourth-order valence-electron chi connectivity index (χ4n) is 3.48. The van der Waals surface area contributed by atoms with E-state index in [1.54, 1.807) is 13.3 Å². The lowest BCUT2D eigenvalue weighted by Crippen LogP contribution is -2.30. The average Bonchev–Trinajstić information content (AvgIpc) is 3.30. The van der Waals surface area contributed by atoms with Crippen LogP contribution in [0.4, 0.5) is 0 Å². The SMILES string of the molecule is COc1ccc(C2CCCN2C(=O)c2cccc3cn[nH]c23)cc1. The molecule has 1 N–H and O–H groups in total. The number of hydrogen-bond donors (Lipinski definition) is 1. The molecule has 1 saturated heterocycles. The summed E-state index contributed by atoms with van der Waals surface area (Å²) >= 11 is 0. The molecule has 5 heteroatoms. The summed E-state index contributed by atoms with van der Waals surface area (Å²) in [5.41, 5.74) is 2.65. The fraction of sp³-hybridized carbons (Fsp3) is 0.263. The van der Waals surface area contributed by atoms with Gasteiger partial charge in [-0.3, -0.25) is 9.89 Å². The Kier molecular flexibility index (Phi) is 3.69. The molecule has 122 valence electrons. The van der Waals surface area contributed by atoms with E-state index in [1.807, 2.05) is 47.4 Å². The van der Waals surface area contributed by atoms with Gasteiger partial charge in [0.25, 0.3) is 5.91 Å². The van der Waals surface area contributed by atoms with Crippen LogP contribution in [-0.2, 0) is 0 Å². The van der Waals surface area contributed by atoms with E-state index >= 15 is 0 Å². The molecule has 24 heavy (non-hydrogen) atoms. The molecule has 0 bridgehead atoms. The molecule has 1 fully saturated rings. The Balaban J connectivity index is 1.66. The van der Waals surface area contributed by atoms with Gasteiger partial charge in [0.2, 0.25) is 0 Å². The Labute approximate surface area is 140 Å². The monoisotopic (exact) mass is 321 g/mol. The van der Waals surface area contributed by atoms with E-state index in [0.29, 0.717) is 5.56 Å². The van der Waals surface area contributed by atoms with Gasteiger partial charge < -0.3 is 9.64 Å². The zero-order valence-electron chi connectivity index (χ0n) is 13.5. The third kappa shape index (κ3) is 2.42. The number of carbonyl (C=O) groups excluding carboxylic acids is 1. The van der Waals surface area contributed by atoms with Crippen molar-refractivity contribution in [1.29, 1.82) is 0 Å². The number of aromatic amines is 1. The van der Waals surface area contributed by atoms with E-state index in [0.717, 1.165) is 41.6 Å². The number of fused-ring (bicyclic) bond motifs is 1. The standard InChI is InChI=1S/C19H19N3O2/c1-24-15-9-7-13(8-10-15)17-6-3-11-22(17)19(23)16-5-2-4-14-12-20-21-18(14)16/h2,4-5,7-10,12,17H,3,6,11H2,1H3,(H,20,21). The number of likely N-dealkylation sites (tertiary alicyclic amines) is 1. The van der Waals surface area contributed by atoms with Crippen LogP contribution in [0.3, 0.4) is 0 Å². The minimum Gasteiger partial charge on any atom is -0.497 e. The Morgan fingerprint density at radius 3 is 2.88 bits per heavy atom. The zero-order valence-corrected chi connectivity index (χ0v) is 13.5. The second-order valence-electron chi connectivity index (χ2n) is 6.07. The predicted octanol–water partition coefficient (Wildman–Crippen LogP) is 3.55. The van der Waals surface area contributed by atoms with Crippen molar-refractivity contribution in [3.05, 3.63) is 59.8 Å². The van der Waals surface area contributed by atoms with Gasteiger partial charge in [-0.25, -0.2) is 0 Å². The van der Waals surface area contributed by atoms with Gasteiger partial charge in [-0.2, -0.15) is 5.10 Å². The summed E-state index contributed by atoms with van der Waals surface area (Å²) < 4.78 is 5.22. The number of benzene rings is 2. The molecule has 3 aromatic rings. The van der Waals surface area contributed by atoms with Crippen molar-refractivity contribution in [3.63, 3.8) is 0 Å². The van der Waals surface area contributed by atoms with Crippen LogP contribution in [-0.4, -0.2) is 34.7 Å². The van der Waals surface area contributed by atoms with E-state index in [1.165, 1.54) is 0 Å². The highest BCUT2D eigenvalue weighted by molar-refractivity contribution is 6.05. The number of hydrogen-bond acceptors (Lipinski definition) is 3. The maximum Gasteiger partial charge on any atom is 0.256 e. The van der Waals surface area contributed by atoms with Gasteiger partial charge >= 0.3 is 0 Å². The number of aromatic nitrogens is 2. The fourth-order valence-corrected chi connectivity index (χ4v) is 3.48. The van der Waals surface area contributed by atoms with Crippen molar-refractivity contribution >= 4 is 16.8 Å². The number of ether oxygens (including phenoxy) is 1. The van der Waals surface area contributed by atoms with E-state index in [-0.39, 0.29) is 11.9 Å². The van der Waals surface area contributed by atoms with Gasteiger partial charge in [-0.05, 0) is 36.6 Å². The predicted molar refractivity (Wildman–Crippen MR) is 92.1 cm³/mol. The summed E-state index contributed by atoms with van der Waals surface area (Å²) in [7, 11) is 1.66. The van der Waals surface area contributed by atoms with Gasteiger partial charge in [-0.15, -0.1) is 0 Å². The number of rotatable bonds is 3. The van der Waals surface area contributed by atoms with E-state index < -0.39 is 0 Å². The van der Waals surface area contributed by atoms with E-state index in [9.17, 15) is 4.79 Å². The highest BCUT2D eigenvalue weighted by Crippen LogP contribution is 2.34. The first-order valence-corrected chi connectivity index (χ1v) is 8.15. The molecular formula is C19H19N3O2. The number of nitrogens with zero attached hydrogens (tertiary/aromatic N) is 2. The Morgan fingerprint density at radius 1 is 1.25 bits per heavy atom. The highest BCUT2D eigenvalue weighted by Gasteiger charge is 2.31. The average molecular weight is 321 g/mol. The van der Waals surface area contributed by atoms with Crippen molar-refractivity contribution in [1.82, 2.24) is 15.1 Å². The minimum absolute atomic E-state index is 0.0585. The molecule has 5 nitrogen and oxygen atoms in total. The van der Waals surface area contributed by atoms with Crippen LogP contribution in [0.25, 0.3) is 10.9 Å². The Bertz CT molecular complexity index is 870. The quantitative estimate of drug-likeness (QED) is 0.802. The molecule has 1 aromatic heterocycles. The lowest BCUT2D eigenvalue weighted by atomic mass is 10.0. The van der Waals surface area contributed by atoms with E-state index in [2.05, 4.69) is 10.2 Å². The molecule has 2 heterocycles. The maximum absolute atomic E-state index is 13.1. The van der Waals surface area contributed by atoms with Gasteiger partial charge in [0.1, 0.15) is 5.75 Å². The van der Waals surface area contributed by atoms with Crippen molar-refractivity contribution in [3.8, 4) is 5.75 Å². The van der Waals surface area contributed by atoms with Crippen molar-refractivity contribution in [2.45, 2.75) is 18.9 Å². The molecule has 0 saturated carbocycles. The van der Waals surface area contributed by atoms with Crippen LogP contribution in [0.2, 0.25) is 0 Å². The number of para-hydroxylation sites is 1. The molecule has 1 aliphatic heterocycles. The number of H-pyrrole nitrogens is 1. The number of methoxy groups -OCH3 is 1. The van der Waals surface area contributed by atoms with Crippen LogP contribution >= 0.6 is 0 Å². The second kappa shape index (κ2) is 6.00. The van der Waals surface area contributed by atoms with Crippen LogP contribution in [0.1, 0.15) is 34.8 Å². The van der Waals surface area contributed by atoms with Crippen LogP contribution in [0, 0.1) is 0 Å². The zero-order chi connectivity index (χ0) is 16.5. The number of nitrogens with one attached hydrogen (secondary N) is 1. The van der Waals surface area contributed by atoms with Gasteiger partial charge in [0.15, 0.2) is 0 Å². The summed E-state index contributed by atoms with van der Waals surface area (Å²) in [5.74, 6) is 0.889. The Morgan fingerprint density at radius 2 is 2.08 bits per heavy atom. The lowest BCUT2D eigenvalue weighted by molar-refractivity contribution is 0.0737. The van der Waals surface area contributed by atoms with Crippen molar-refractivity contribution in [2.75, 3.05) is 13.7 Å². The largest absolute Gasteiger partial charge is 0.497 e. The number of amides is 1. The van der Waals surface area contributed by atoms with Crippen molar-refractivity contribution < 1.29 is 9.53 Å². The van der Waals surface area contributed by atoms with Crippen molar-refractivity contribution in [2.24, 2.45) is 0 Å². The van der Waals surface area contributed by atoms with Gasteiger partial charge in [-0.1, -0.05) is 24.3 Å². The molecule has 4 rings (SSSR count). The lowest BCUT2D eigenvalue weighted by Gasteiger charge is -2.25. The first-order valence-electron chi connectivity index (χ1n) is 8.15. The Hall–Kier alpha value is -2.82. The molecule has 1 amide bonds. The third-order valence-electron chi connectivity index (χ3n) is 4.72. The summed E-state index contributed by atoms with van der Waals surface area (Å²) in [5, 5.41) is 7.97. The molecule has 0 aliphatic carbocycles. The summed E-state index contributed by atoms with van der Waals surface area (Å²) in [6.07, 6.45) is 3.75. The molecule has 0 radical (unpaired) electrons. The molecule has 1 atom stereocenters. The first-order chi connectivity index (χ1) is 11.8. The molecule has 1 unspecified atom stereocenters. The minimum atomic E-state index is 0.0585. The summed E-state index contributed by atoms with van der Waals surface area (Å²) in [4.78, 5) is 15.1. The van der Waals surface area contributed by atoms with Crippen LogP contribution in [0.15, 0.2) is 48.7 Å². The normalized spacial score (nSPS) is 17.4. The molecule has 2 aromatic carbocycles. The molecule has 1 aliphatic rings. The first kappa shape index (κ1) is 14.8. The van der Waals surface area contributed by atoms with Gasteiger partial charge in [0.05, 0.1) is 30.4 Å². The third-order valence-corrected chi connectivity index (χ3v) is 4.72. The second-order valence-corrected chi connectivity index (χ2v) is 6.07. The topological polar surface area (TPSA) is 58.2 Å². The summed E-state index contributed by atoms with van der Waals surface area (Å²) in [6, 6.07) is 13.8. The maximum atomic E-state index is 13.1. The number of carbonyl (C=O) groups is 1. The highest BCUT2D eigenvalue weighted by atomic mass is 16.5. The van der Waals surface area contributed by atoms with E-state index in [4.69, 9.17) is 4.74 Å². The molecule has 0 spiro atoms. The van der Waals surface area contributed by atoms with Crippen LogP contribution < -0.4 is 4.74 Å². The summed E-state index contributed by atoms with van der Waals surface area (Å²) in [6.45, 7) is 0.778.